The Labute approximate surface area is 139 Å². The van der Waals surface area contributed by atoms with Gasteiger partial charge in [-0.2, -0.15) is 0 Å². The van der Waals surface area contributed by atoms with E-state index in [1.165, 1.54) is 11.1 Å². The minimum absolute atomic E-state index is 0.137. The summed E-state index contributed by atoms with van der Waals surface area (Å²) in [6.45, 7) is 10.1. The highest BCUT2D eigenvalue weighted by atomic mass is 16.6. The molecule has 0 amide bonds. The second kappa shape index (κ2) is 6.56. The molecule has 1 fully saturated rings. The third-order valence-electron chi connectivity index (χ3n) is 5.22. The maximum Gasteiger partial charge on any atom is 0.126 e. The van der Waals surface area contributed by atoms with E-state index in [4.69, 9.17) is 14.2 Å². The molecule has 0 radical (unpaired) electrons. The summed E-state index contributed by atoms with van der Waals surface area (Å²) in [7, 11) is 0. The van der Waals surface area contributed by atoms with E-state index in [1.807, 2.05) is 12.1 Å². The van der Waals surface area contributed by atoms with Crippen molar-refractivity contribution in [2.24, 2.45) is 0 Å². The van der Waals surface area contributed by atoms with E-state index in [0.29, 0.717) is 18.6 Å². The predicted octanol–water partition coefficient (Wildman–Crippen LogP) is 4.86. The van der Waals surface area contributed by atoms with Crippen LogP contribution in [0.15, 0.2) is 29.8 Å². The Kier molecular flexibility index (Phi) is 4.67. The van der Waals surface area contributed by atoms with Gasteiger partial charge in [0.05, 0.1) is 18.3 Å². The molecule has 2 heterocycles. The van der Waals surface area contributed by atoms with Crippen molar-refractivity contribution in [2.45, 2.75) is 64.6 Å². The van der Waals surface area contributed by atoms with E-state index >= 15 is 0 Å². The average molecular weight is 316 g/mol. The zero-order chi connectivity index (χ0) is 16.4. The van der Waals surface area contributed by atoms with E-state index in [2.05, 4.69) is 39.8 Å². The molecule has 3 heteroatoms. The van der Waals surface area contributed by atoms with Crippen molar-refractivity contribution < 1.29 is 14.2 Å². The molecule has 0 aromatic heterocycles. The summed E-state index contributed by atoms with van der Waals surface area (Å²) >= 11 is 0. The summed E-state index contributed by atoms with van der Waals surface area (Å²) in [6, 6.07) is 6.17. The van der Waals surface area contributed by atoms with Crippen LogP contribution in [0.2, 0.25) is 0 Å². The molecule has 1 aromatic rings. The minimum Gasteiger partial charge on any atom is -0.493 e. The van der Waals surface area contributed by atoms with Crippen LogP contribution in [0.3, 0.4) is 0 Å². The van der Waals surface area contributed by atoms with Crippen LogP contribution in [0.1, 0.15) is 58.4 Å². The molecule has 2 aliphatic heterocycles. The molecule has 1 aromatic carbocycles. The molecule has 23 heavy (non-hydrogen) atoms. The second-order valence-corrected chi connectivity index (χ2v) is 7.08. The lowest BCUT2D eigenvalue weighted by Gasteiger charge is -2.07. The monoisotopic (exact) mass is 316 g/mol. The fraction of sp³-hybridized carbons (Fsp3) is 0.600. The predicted molar refractivity (Wildman–Crippen MR) is 92.4 cm³/mol. The second-order valence-electron chi connectivity index (χ2n) is 7.08. The van der Waals surface area contributed by atoms with Crippen LogP contribution in [-0.4, -0.2) is 24.9 Å². The summed E-state index contributed by atoms with van der Waals surface area (Å²) in [5.41, 5.74) is 2.79. The van der Waals surface area contributed by atoms with Crippen LogP contribution < -0.4 is 9.47 Å². The smallest absolute Gasteiger partial charge is 0.126 e. The van der Waals surface area contributed by atoms with Crippen LogP contribution in [-0.2, 0) is 4.74 Å². The SMILES string of the molecule is CCC1(C)OC1CC/C(C)=C/COc1ccc2c(c1)OCC2C. The van der Waals surface area contributed by atoms with Gasteiger partial charge in [0, 0.05) is 17.5 Å². The standard InChI is InChI=1S/C20H28O3/c1-5-20(4)19(23-20)9-6-14(2)10-11-21-16-7-8-17-15(3)13-22-18(17)12-16/h7-8,10,12,15,19H,5-6,9,11,13H2,1-4H3/b14-10+. The minimum atomic E-state index is 0.137. The summed E-state index contributed by atoms with van der Waals surface area (Å²) in [5.74, 6) is 2.34. The zero-order valence-electron chi connectivity index (χ0n) is 14.7. The normalized spacial score (nSPS) is 29.1. The lowest BCUT2D eigenvalue weighted by atomic mass is 9.99. The van der Waals surface area contributed by atoms with E-state index < -0.39 is 0 Å². The Morgan fingerprint density at radius 3 is 3.00 bits per heavy atom. The molecule has 126 valence electrons. The number of ether oxygens (including phenoxy) is 3. The first kappa shape index (κ1) is 16.4. The average Bonchev–Trinajstić information content (AvgIpc) is 3.07. The van der Waals surface area contributed by atoms with Crippen LogP contribution in [0, 0.1) is 0 Å². The Hall–Kier alpha value is -1.48. The van der Waals surface area contributed by atoms with Gasteiger partial charge in [0.25, 0.3) is 0 Å². The van der Waals surface area contributed by atoms with Crippen LogP contribution in [0.4, 0.5) is 0 Å². The first-order chi connectivity index (χ1) is 11.0. The van der Waals surface area contributed by atoms with Gasteiger partial charge in [-0.05, 0) is 45.3 Å². The maximum atomic E-state index is 5.83. The van der Waals surface area contributed by atoms with Gasteiger partial charge in [-0.25, -0.2) is 0 Å². The number of hydrogen-bond acceptors (Lipinski definition) is 3. The van der Waals surface area contributed by atoms with Gasteiger partial charge in [-0.15, -0.1) is 0 Å². The number of hydrogen-bond donors (Lipinski definition) is 0. The van der Waals surface area contributed by atoms with Crippen molar-refractivity contribution in [3.63, 3.8) is 0 Å². The van der Waals surface area contributed by atoms with Crippen molar-refractivity contribution in [3.8, 4) is 11.5 Å². The topological polar surface area (TPSA) is 31.0 Å². The number of epoxide rings is 1. The number of allylic oxidation sites excluding steroid dienone is 1. The van der Waals surface area contributed by atoms with Gasteiger partial charge < -0.3 is 14.2 Å². The molecule has 0 saturated carbocycles. The van der Waals surface area contributed by atoms with Crippen LogP contribution in [0.25, 0.3) is 0 Å². The molecule has 3 unspecified atom stereocenters. The molecule has 3 rings (SSSR count). The van der Waals surface area contributed by atoms with Crippen molar-refractivity contribution in [1.82, 2.24) is 0 Å². The van der Waals surface area contributed by atoms with E-state index in [-0.39, 0.29) is 5.60 Å². The Balaban J connectivity index is 1.44. The maximum absolute atomic E-state index is 5.83. The molecule has 0 bridgehead atoms. The van der Waals surface area contributed by atoms with Crippen molar-refractivity contribution in [1.29, 1.82) is 0 Å². The molecule has 1 saturated heterocycles. The van der Waals surface area contributed by atoms with Gasteiger partial charge in [-0.3, -0.25) is 0 Å². The van der Waals surface area contributed by atoms with Gasteiger partial charge >= 0.3 is 0 Å². The highest BCUT2D eigenvalue weighted by Crippen LogP contribution is 2.42. The summed E-state index contributed by atoms with van der Waals surface area (Å²) in [5, 5.41) is 0. The lowest BCUT2D eigenvalue weighted by Crippen LogP contribution is -2.07. The molecular formula is C20H28O3. The van der Waals surface area contributed by atoms with Gasteiger partial charge in [-0.1, -0.05) is 25.5 Å². The highest BCUT2D eigenvalue weighted by Gasteiger charge is 2.49. The van der Waals surface area contributed by atoms with Gasteiger partial charge in [0.15, 0.2) is 0 Å². The first-order valence-electron chi connectivity index (χ1n) is 8.75. The number of fused-ring (bicyclic) bond motifs is 1. The van der Waals surface area contributed by atoms with Gasteiger partial charge in [0.2, 0.25) is 0 Å². The van der Waals surface area contributed by atoms with E-state index in [1.54, 1.807) is 0 Å². The van der Waals surface area contributed by atoms with Crippen LogP contribution in [0.5, 0.6) is 11.5 Å². The van der Waals surface area contributed by atoms with Crippen molar-refractivity contribution in [2.75, 3.05) is 13.2 Å². The molecule has 3 atom stereocenters. The lowest BCUT2D eigenvalue weighted by molar-refractivity contribution is 0.300. The summed E-state index contributed by atoms with van der Waals surface area (Å²) < 4.78 is 17.3. The Bertz CT molecular complexity index is 593. The highest BCUT2D eigenvalue weighted by molar-refractivity contribution is 5.45. The third-order valence-corrected chi connectivity index (χ3v) is 5.22. The van der Waals surface area contributed by atoms with E-state index in [9.17, 15) is 0 Å². The van der Waals surface area contributed by atoms with Gasteiger partial charge in [0.1, 0.15) is 18.1 Å². The number of benzene rings is 1. The van der Waals surface area contributed by atoms with Crippen molar-refractivity contribution >= 4 is 0 Å². The third kappa shape index (κ3) is 3.72. The Morgan fingerprint density at radius 2 is 2.26 bits per heavy atom. The fourth-order valence-electron chi connectivity index (χ4n) is 3.15. The molecule has 0 spiro atoms. The molecule has 0 N–H and O–H groups in total. The molecular weight excluding hydrogens is 288 g/mol. The largest absolute Gasteiger partial charge is 0.493 e. The van der Waals surface area contributed by atoms with Crippen molar-refractivity contribution in [3.05, 3.63) is 35.4 Å². The first-order valence-corrected chi connectivity index (χ1v) is 8.75. The quantitative estimate of drug-likeness (QED) is 0.532. The molecule has 0 aliphatic carbocycles. The molecule has 2 aliphatic rings. The summed E-state index contributed by atoms with van der Waals surface area (Å²) in [6.07, 6.45) is 5.89. The van der Waals surface area contributed by atoms with E-state index in [0.717, 1.165) is 37.4 Å². The zero-order valence-corrected chi connectivity index (χ0v) is 14.7. The number of rotatable bonds is 7. The van der Waals surface area contributed by atoms with Crippen LogP contribution >= 0.6 is 0 Å². The summed E-state index contributed by atoms with van der Waals surface area (Å²) in [4.78, 5) is 0. The fourth-order valence-corrected chi connectivity index (χ4v) is 3.15. The Morgan fingerprint density at radius 1 is 1.43 bits per heavy atom. The molecule has 3 nitrogen and oxygen atoms in total.